The number of nitrogens with zero attached hydrogens (tertiary/aromatic N) is 4. The summed E-state index contributed by atoms with van der Waals surface area (Å²) in [5.41, 5.74) is 2.69. The Kier molecular flexibility index (Phi) is 5.87. The molecule has 2 fully saturated rings. The maximum absolute atomic E-state index is 12.2. The van der Waals surface area contributed by atoms with Crippen LogP contribution in [0, 0.1) is 5.92 Å². The average Bonchev–Trinajstić information content (AvgIpc) is 3.51. The minimum absolute atomic E-state index is 0.0478. The fourth-order valence-corrected chi connectivity index (χ4v) is 4.81. The molecule has 3 N–H and O–H groups in total. The minimum Gasteiger partial charge on any atom is -0.373 e. The third-order valence-electron chi connectivity index (χ3n) is 5.77. The second kappa shape index (κ2) is 8.82. The SMILES string of the molecule is CC1CN(N(c2ccc(-c3nc(NC(=O)C4CC4)nc4[nH]ccc34)cc2)S(=O)O)CC(C)O1. The van der Waals surface area contributed by atoms with Crippen molar-refractivity contribution in [2.75, 3.05) is 22.8 Å². The lowest BCUT2D eigenvalue weighted by Gasteiger charge is -2.40. The van der Waals surface area contributed by atoms with Gasteiger partial charge in [0, 0.05) is 36.2 Å². The van der Waals surface area contributed by atoms with Gasteiger partial charge in [-0.15, -0.1) is 0 Å². The number of hydrogen-bond acceptors (Lipinski definition) is 6. The smallest absolute Gasteiger partial charge is 0.277 e. The van der Waals surface area contributed by atoms with Gasteiger partial charge < -0.3 is 9.72 Å². The third-order valence-corrected chi connectivity index (χ3v) is 6.50. The Hall–Kier alpha value is -2.86. The van der Waals surface area contributed by atoms with E-state index < -0.39 is 11.3 Å². The van der Waals surface area contributed by atoms with Gasteiger partial charge in [0.15, 0.2) is 0 Å². The second-order valence-corrected chi connectivity index (χ2v) is 9.39. The Labute approximate surface area is 193 Å². The molecule has 1 amide bonds. The van der Waals surface area contributed by atoms with Crippen molar-refractivity contribution in [1.82, 2.24) is 20.0 Å². The summed E-state index contributed by atoms with van der Waals surface area (Å²) in [6, 6.07) is 9.17. The van der Waals surface area contributed by atoms with E-state index in [2.05, 4.69) is 20.3 Å². The molecule has 1 aromatic carbocycles. The van der Waals surface area contributed by atoms with Gasteiger partial charge >= 0.3 is 0 Å². The van der Waals surface area contributed by atoms with Gasteiger partial charge in [-0.3, -0.25) is 14.7 Å². The molecule has 33 heavy (non-hydrogen) atoms. The number of hydrogen-bond donors (Lipinski definition) is 3. The van der Waals surface area contributed by atoms with Crippen LogP contribution >= 0.6 is 0 Å². The van der Waals surface area contributed by atoms with Crippen LogP contribution in [0.4, 0.5) is 11.6 Å². The van der Waals surface area contributed by atoms with Crippen LogP contribution in [0.25, 0.3) is 22.3 Å². The molecule has 3 unspecified atom stereocenters. The van der Waals surface area contributed by atoms with Gasteiger partial charge in [0.1, 0.15) is 5.65 Å². The summed E-state index contributed by atoms with van der Waals surface area (Å²) in [6.45, 7) is 4.92. The van der Waals surface area contributed by atoms with E-state index in [1.54, 1.807) is 18.3 Å². The third kappa shape index (κ3) is 4.62. The quantitative estimate of drug-likeness (QED) is 0.473. The summed E-state index contributed by atoms with van der Waals surface area (Å²) in [6.07, 6.45) is 3.47. The maximum atomic E-state index is 12.2. The normalized spacial score (nSPS) is 22.3. The zero-order chi connectivity index (χ0) is 23.1. The van der Waals surface area contributed by atoms with Crippen LogP contribution in [0.5, 0.6) is 0 Å². The largest absolute Gasteiger partial charge is 0.373 e. The predicted octanol–water partition coefficient (Wildman–Crippen LogP) is 2.94. The number of nitrogens with one attached hydrogen (secondary N) is 2. The van der Waals surface area contributed by atoms with Crippen LogP contribution in [0.1, 0.15) is 26.7 Å². The lowest BCUT2D eigenvalue weighted by molar-refractivity contribution is -0.117. The molecule has 3 heterocycles. The fraction of sp³-hybridized carbons (Fsp3) is 0.409. The van der Waals surface area contributed by atoms with Crippen molar-refractivity contribution in [1.29, 1.82) is 0 Å². The molecule has 1 aliphatic carbocycles. The molecular weight excluding hydrogens is 444 g/mol. The lowest BCUT2D eigenvalue weighted by atomic mass is 10.1. The van der Waals surface area contributed by atoms with Gasteiger partial charge in [-0.05, 0) is 44.9 Å². The number of aromatic nitrogens is 3. The maximum Gasteiger partial charge on any atom is 0.277 e. The molecule has 0 bridgehead atoms. The number of anilines is 2. The molecule has 5 rings (SSSR count). The minimum atomic E-state index is -2.23. The molecule has 1 saturated heterocycles. The Morgan fingerprint density at radius 2 is 1.88 bits per heavy atom. The Morgan fingerprint density at radius 1 is 1.18 bits per heavy atom. The summed E-state index contributed by atoms with van der Waals surface area (Å²) in [7, 11) is 0. The van der Waals surface area contributed by atoms with E-state index in [1.165, 1.54) is 4.41 Å². The number of carbonyl (C=O) groups excluding carboxylic acids is 1. The standard InChI is InChI=1S/C22H26N6O4S/c1-13-11-27(12-14(2)32-13)28(33(30)31)17-7-5-15(6-8-17)19-18-9-10-23-20(18)25-22(24-19)26-21(29)16-3-4-16/h5-10,13-14,16H,3-4,11-12H2,1-2H3,(H,30,31)(H2,23,24,25,26,29). The van der Waals surface area contributed by atoms with Crippen LogP contribution in [0.3, 0.4) is 0 Å². The molecule has 0 radical (unpaired) electrons. The van der Waals surface area contributed by atoms with Gasteiger partial charge in [-0.2, -0.15) is 9.40 Å². The number of amides is 1. The molecule has 10 nitrogen and oxygen atoms in total. The summed E-state index contributed by atoms with van der Waals surface area (Å²) in [4.78, 5) is 24.3. The summed E-state index contributed by atoms with van der Waals surface area (Å²) < 4.78 is 29.4. The molecule has 2 aliphatic rings. The van der Waals surface area contributed by atoms with E-state index in [4.69, 9.17) is 4.74 Å². The highest BCUT2D eigenvalue weighted by molar-refractivity contribution is 7.80. The van der Waals surface area contributed by atoms with Crippen LogP contribution in [0.2, 0.25) is 0 Å². The predicted molar refractivity (Wildman–Crippen MR) is 126 cm³/mol. The molecule has 1 aliphatic heterocycles. The molecule has 1 saturated carbocycles. The van der Waals surface area contributed by atoms with Crippen LogP contribution in [-0.4, -0.2) is 59.9 Å². The van der Waals surface area contributed by atoms with E-state index in [-0.39, 0.29) is 30.0 Å². The molecule has 0 spiro atoms. The zero-order valence-electron chi connectivity index (χ0n) is 18.4. The molecule has 3 aromatic rings. The number of H-pyrrole nitrogens is 1. The van der Waals surface area contributed by atoms with Gasteiger partial charge in [-0.1, -0.05) is 12.1 Å². The van der Waals surface area contributed by atoms with E-state index in [1.807, 2.05) is 37.1 Å². The number of aromatic amines is 1. The molecule has 3 atom stereocenters. The van der Waals surface area contributed by atoms with Gasteiger partial charge in [0.25, 0.3) is 11.3 Å². The number of rotatable bonds is 6. The molecule has 2 aromatic heterocycles. The van der Waals surface area contributed by atoms with Crippen LogP contribution < -0.4 is 9.73 Å². The van der Waals surface area contributed by atoms with Crippen molar-refractivity contribution in [2.24, 2.45) is 5.92 Å². The van der Waals surface area contributed by atoms with Crippen LogP contribution in [-0.2, 0) is 20.8 Å². The number of ether oxygens (including phenoxy) is 1. The highest BCUT2D eigenvalue weighted by atomic mass is 32.2. The van der Waals surface area contributed by atoms with Gasteiger partial charge in [0.05, 0.1) is 23.6 Å². The highest BCUT2D eigenvalue weighted by Crippen LogP contribution is 2.32. The number of carbonyl (C=O) groups is 1. The molecule has 174 valence electrons. The number of fused-ring (bicyclic) bond motifs is 1. The van der Waals surface area contributed by atoms with Crippen molar-refractivity contribution in [3.05, 3.63) is 36.5 Å². The van der Waals surface area contributed by atoms with E-state index in [0.29, 0.717) is 30.1 Å². The van der Waals surface area contributed by atoms with Gasteiger partial charge in [0.2, 0.25) is 11.9 Å². The van der Waals surface area contributed by atoms with Crippen molar-refractivity contribution in [3.8, 4) is 11.3 Å². The Morgan fingerprint density at radius 3 is 2.52 bits per heavy atom. The van der Waals surface area contributed by atoms with Crippen molar-refractivity contribution >= 4 is 39.8 Å². The summed E-state index contributed by atoms with van der Waals surface area (Å²) in [5.74, 6) is 0.249. The molecular formula is C22H26N6O4S. The summed E-state index contributed by atoms with van der Waals surface area (Å²) in [5, 5.41) is 5.47. The first-order valence-electron chi connectivity index (χ1n) is 11.0. The number of morpholine rings is 1. The second-order valence-electron chi connectivity index (χ2n) is 8.58. The average molecular weight is 471 g/mol. The van der Waals surface area contributed by atoms with Crippen LogP contribution in [0.15, 0.2) is 36.5 Å². The first kappa shape index (κ1) is 22.0. The van der Waals surface area contributed by atoms with E-state index >= 15 is 0 Å². The lowest BCUT2D eigenvalue weighted by Crippen LogP contribution is -2.54. The molecule has 11 heteroatoms. The first-order valence-corrected chi connectivity index (χ1v) is 12.0. The van der Waals surface area contributed by atoms with Crippen molar-refractivity contribution in [2.45, 2.75) is 38.9 Å². The first-order chi connectivity index (χ1) is 15.9. The highest BCUT2D eigenvalue weighted by Gasteiger charge is 2.31. The monoisotopic (exact) mass is 470 g/mol. The van der Waals surface area contributed by atoms with Crippen molar-refractivity contribution < 1.29 is 18.3 Å². The van der Waals surface area contributed by atoms with E-state index in [9.17, 15) is 13.6 Å². The van der Waals surface area contributed by atoms with Gasteiger partial charge in [-0.25, -0.2) is 14.2 Å². The fourth-order valence-electron chi connectivity index (χ4n) is 4.17. The Balaban J connectivity index is 1.45. The topological polar surface area (TPSA) is 124 Å². The van der Waals surface area contributed by atoms with Crippen molar-refractivity contribution in [3.63, 3.8) is 0 Å². The summed E-state index contributed by atoms with van der Waals surface area (Å²) >= 11 is -2.23. The van der Waals surface area contributed by atoms with E-state index in [0.717, 1.165) is 23.8 Å². The Bertz CT molecular complexity index is 1190. The zero-order valence-corrected chi connectivity index (χ0v) is 19.2. The number of hydrazine groups is 1. The number of benzene rings is 1.